The van der Waals surface area contributed by atoms with E-state index in [0.717, 1.165) is 5.69 Å². The van der Waals surface area contributed by atoms with Crippen molar-refractivity contribution in [2.24, 2.45) is 0 Å². The molecule has 1 aromatic rings. The van der Waals surface area contributed by atoms with E-state index >= 15 is 0 Å². The molecule has 0 saturated heterocycles. The Balaban J connectivity index is 0. The van der Waals surface area contributed by atoms with Gasteiger partial charge in [0.05, 0.1) is 0 Å². The molecule has 0 radical (unpaired) electrons. The number of rotatable bonds is 0. The second-order valence-corrected chi connectivity index (χ2v) is 2.34. The number of benzene rings is 1. The summed E-state index contributed by atoms with van der Waals surface area (Å²) in [5.74, 6) is 0. The molecule has 0 heterocycles. The third kappa shape index (κ3) is 3.08. The Morgan fingerprint density at radius 1 is 1.09 bits per heavy atom. The smallest absolute Gasteiger partial charge is 0.0316 e. The molecule has 0 spiro atoms. The molecule has 0 aliphatic rings. The monoisotopic (exact) mass is 153 g/mol. The van der Waals surface area contributed by atoms with Gasteiger partial charge in [-0.3, -0.25) is 0 Å². The van der Waals surface area contributed by atoms with E-state index in [2.05, 4.69) is 13.8 Å². The first-order valence-electron chi connectivity index (χ1n) is 4.03. The highest BCUT2D eigenvalue weighted by Gasteiger charge is 1.89. The number of nitrogen functional groups attached to an aromatic ring is 1. The molecule has 0 aliphatic carbocycles. The molecular formula is C10H19N. The molecule has 2 N–H and O–H groups in total. The van der Waals surface area contributed by atoms with Gasteiger partial charge in [-0.1, -0.05) is 19.9 Å². The van der Waals surface area contributed by atoms with Crippen molar-refractivity contribution in [3.63, 3.8) is 0 Å². The van der Waals surface area contributed by atoms with Crippen molar-refractivity contribution in [1.82, 2.24) is 0 Å². The zero-order chi connectivity index (χ0) is 8.85. The van der Waals surface area contributed by atoms with E-state index in [-0.39, 0.29) is 1.43 Å². The van der Waals surface area contributed by atoms with Crippen LogP contribution >= 0.6 is 0 Å². The second-order valence-electron chi connectivity index (χ2n) is 2.34. The van der Waals surface area contributed by atoms with Crippen LogP contribution in [0, 0.1) is 13.8 Å². The molecule has 0 bridgehead atoms. The van der Waals surface area contributed by atoms with Gasteiger partial charge in [0.1, 0.15) is 0 Å². The van der Waals surface area contributed by atoms with Gasteiger partial charge in [-0.25, -0.2) is 0 Å². The number of hydrogen-bond acceptors (Lipinski definition) is 1. The Morgan fingerprint density at radius 2 is 1.64 bits per heavy atom. The standard InChI is InChI=1S/C8H11N.C2H6.H2/c1-6-3-4-8(9)5-7(6)2;1-2;/h3-5H,9H2,1-2H3;1-2H3;1H. The maximum Gasteiger partial charge on any atom is 0.0316 e. The molecular weight excluding hydrogens is 134 g/mol. The first kappa shape index (κ1) is 10.0. The van der Waals surface area contributed by atoms with Crippen molar-refractivity contribution in [3.05, 3.63) is 29.3 Å². The lowest BCUT2D eigenvalue weighted by atomic mass is 10.1. The van der Waals surface area contributed by atoms with E-state index in [1.54, 1.807) is 0 Å². The third-order valence-electron chi connectivity index (χ3n) is 1.53. The fourth-order valence-corrected chi connectivity index (χ4v) is 0.765. The van der Waals surface area contributed by atoms with E-state index in [9.17, 15) is 0 Å². The predicted molar refractivity (Wildman–Crippen MR) is 53.8 cm³/mol. The molecule has 64 valence electrons. The van der Waals surface area contributed by atoms with Crippen LogP contribution in [0.15, 0.2) is 18.2 Å². The average Bonchev–Trinajstić information content (AvgIpc) is 2.02. The van der Waals surface area contributed by atoms with Crippen molar-refractivity contribution in [1.29, 1.82) is 0 Å². The highest BCUT2D eigenvalue weighted by molar-refractivity contribution is 5.43. The van der Waals surface area contributed by atoms with Gasteiger partial charge in [0, 0.05) is 7.11 Å². The molecule has 0 unspecified atom stereocenters. The van der Waals surface area contributed by atoms with Gasteiger partial charge in [0.25, 0.3) is 0 Å². The van der Waals surface area contributed by atoms with E-state index in [1.807, 2.05) is 32.0 Å². The van der Waals surface area contributed by atoms with Gasteiger partial charge in [0.15, 0.2) is 0 Å². The van der Waals surface area contributed by atoms with Gasteiger partial charge in [0.2, 0.25) is 0 Å². The number of aryl methyl sites for hydroxylation is 2. The molecule has 1 rings (SSSR count). The normalized spacial score (nSPS) is 8.36. The summed E-state index contributed by atoms with van der Waals surface area (Å²) in [7, 11) is 0. The zero-order valence-electron chi connectivity index (χ0n) is 7.81. The largest absolute Gasteiger partial charge is 0.399 e. The summed E-state index contributed by atoms with van der Waals surface area (Å²) in [6, 6.07) is 5.93. The number of anilines is 1. The average molecular weight is 153 g/mol. The Labute approximate surface area is 70.7 Å². The maximum absolute atomic E-state index is 5.53. The van der Waals surface area contributed by atoms with E-state index in [4.69, 9.17) is 5.73 Å². The fourth-order valence-electron chi connectivity index (χ4n) is 0.765. The van der Waals surface area contributed by atoms with E-state index < -0.39 is 0 Å². The fraction of sp³-hybridized carbons (Fsp3) is 0.400. The van der Waals surface area contributed by atoms with Crippen molar-refractivity contribution in [2.75, 3.05) is 5.73 Å². The van der Waals surface area contributed by atoms with Gasteiger partial charge in [-0.05, 0) is 37.1 Å². The van der Waals surface area contributed by atoms with Crippen LogP contribution in [-0.2, 0) is 0 Å². The van der Waals surface area contributed by atoms with Crippen LogP contribution in [0.2, 0.25) is 0 Å². The minimum atomic E-state index is 0. The summed E-state index contributed by atoms with van der Waals surface area (Å²) < 4.78 is 0. The summed E-state index contributed by atoms with van der Waals surface area (Å²) in [5, 5.41) is 0. The quantitative estimate of drug-likeness (QED) is 0.569. The lowest BCUT2D eigenvalue weighted by molar-refractivity contribution is 1.34. The molecule has 1 nitrogen and oxygen atoms in total. The predicted octanol–water partition coefficient (Wildman–Crippen LogP) is 3.16. The van der Waals surface area contributed by atoms with Crippen LogP contribution in [0.5, 0.6) is 0 Å². The maximum atomic E-state index is 5.53. The minimum Gasteiger partial charge on any atom is -0.399 e. The van der Waals surface area contributed by atoms with Crippen LogP contribution in [0.1, 0.15) is 26.4 Å². The molecule has 1 heteroatoms. The molecule has 0 aliphatic heterocycles. The first-order valence-corrected chi connectivity index (χ1v) is 4.03. The summed E-state index contributed by atoms with van der Waals surface area (Å²) in [5.41, 5.74) is 8.93. The molecule has 0 saturated carbocycles. The SMILES string of the molecule is CC.Cc1ccc(N)cc1C.[HH]. The Bertz CT molecular complexity index is 221. The van der Waals surface area contributed by atoms with Crippen LogP contribution in [0.4, 0.5) is 5.69 Å². The topological polar surface area (TPSA) is 26.0 Å². The van der Waals surface area contributed by atoms with Crippen molar-refractivity contribution >= 4 is 5.69 Å². The molecule has 1 aromatic carbocycles. The van der Waals surface area contributed by atoms with Gasteiger partial charge >= 0.3 is 0 Å². The molecule has 0 fully saturated rings. The molecule has 11 heavy (non-hydrogen) atoms. The third-order valence-corrected chi connectivity index (χ3v) is 1.53. The second kappa shape index (κ2) is 4.78. The van der Waals surface area contributed by atoms with Gasteiger partial charge in [-0.2, -0.15) is 0 Å². The van der Waals surface area contributed by atoms with Crippen LogP contribution < -0.4 is 5.73 Å². The Morgan fingerprint density at radius 3 is 2.00 bits per heavy atom. The summed E-state index contributed by atoms with van der Waals surface area (Å²) in [6.45, 7) is 8.14. The van der Waals surface area contributed by atoms with E-state index in [1.165, 1.54) is 11.1 Å². The van der Waals surface area contributed by atoms with Crippen LogP contribution in [0.3, 0.4) is 0 Å². The van der Waals surface area contributed by atoms with Crippen molar-refractivity contribution in [3.8, 4) is 0 Å². The summed E-state index contributed by atoms with van der Waals surface area (Å²) >= 11 is 0. The number of nitrogens with two attached hydrogens (primary N) is 1. The molecule has 0 aromatic heterocycles. The van der Waals surface area contributed by atoms with Crippen molar-refractivity contribution < 1.29 is 1.43 Å². The van der Waals surface area contributed by atoms with Crippen molar-refractivity contribution in [2.45, 2.75) is 27.7 Å². The highest BCUT2D eigenvalue weighted by atomic mass is 14.5. The van der Waals surface area contributed by atoms with Gasteiger partial charge < -0.3 is 5.73 Å². The minimum absolute atomic E-state index is 0. The van der Waals surface area contributed by atoms with Gasteiger partial charge in [-0.15, -0.1) is 0 Å². The van der Waals surface area contributed by atoms with Crippen LogP contribution in [-0.4, -0.2) is 0 Å². The van der Waals surface area contributed by atoms with E-state index in [0.29, 0.717) is 0 Å². The van der Waals surface area contributed by atoms with Crippen LogP contribution in [0.25, 0.3) is 0 Å². The Kier molecular flexibility index (Phi) is 4.35. The highest BCUT2D eigenvalue weighted by Crippen LogP contribution is 2.09. The lowest BCUT2D eigenvalue weighted by Crippen LogP contribution is -1.86. The molecule has 0 atom stereocenters. The number of hydrogen-bond donors (Lipinski definition) is 1. The first-order chi connectivity index (χ1) is 5.20. The molecule has 0 amide bonds. The summed E-state index contributed by atoms with van der Waals surface area (Å²) in [4.78, 5) is 0. The zero-order valence-corrected chi connectivity index (χ0v) is 7.81. The Hall–Kier alpha value is -0.980. The lowest BCUT2D eigenvalue weighted by Gasteiger charge is -1.98. The summed E-state index contributed by atoms with van der Waals surface area (Å²) in [6.07, 6.45) is 0.